The quantitative estimate of drug-likeness (QED) is 0.856. The maximum atomic E-state index is 9.45. The molecule has 0 atom stereocenters. The van der Waals surface area contributed by atoms with Crippen LogP contribution in [0.25, 0.3) is 0 Å². The van der Waals surface area contributed by atoms with Crippen LogP contribution in [-0.2, 0) is 5.41 Å². The van der Waals surface area contributed by atoms with Gasteiger partial charge in [0.05, 0.1) is 5.02 Å². The van der Waals surface area contributed by atoms with Gasteiger partial charge in [-0.1, -0.05) is 43.6 Å². The van der Waals surface area contributed by atoms with E-state index in [1.165, 1.54) is 0 Å². The molecule has 18 heavy (non-hydrogen) atoms. The Morgan fingerprint density at radius 1 is 0.889 bits per heavy atom. The SMILES string of the molecule is CC(C)(c1ccc(O)cc1)c1ccc(O)c(Cl)c1. The average molecular weight is 263 g/mol. The van der Waals surface area contributed by atoms with Gasteiger partial charge in [0.1, 0.15) is 11.5 Å². The van der Waals surface area contributed by atoms with Crippen LogP contribution in [0.5, 0.6) is 11.5 Å². The molecule has 0 heterocycles. The van der Waals surface area contributed by atoms with E-state index in [1.807, 2.05) is 18.2 Å². The minimum absolute atomic E-state index is 0.0851. The molecule has 0 aromatic heterocycles. The zero-order chi connectivity index (χ0) is 13.3. The fourth-order valence-electron chi connectivity index (χ4n) is 1.94. The summed E-state index contributed by atoms with van der Waals surface area (Å²) in [6.45, 7) is 4.14. The second kappa shape index (κ2) is 4.54. The van der Waals surface area contributed by atoms with Crippen molar-refractivity contribution in [2.24, 2.45) is 0 Å². The van der Waals surface area contributed by atoms with E-state index < -0.39 is 0 Å². The highest BCUT2D eigenvalue weighted by Gasteiger charge is 2.23. The number of benzene rings is 2. The van der Waals surface area contributed by atoms with Crippen LogP contribution in [0.2, 0.25) is 5.02 Å². The number of rotatable bonds is 2. The maximum Gasteiger partial charge on any atom is 0.134 e. The van der Waals surface area contributed by atoms with Gasteiger partial charge in [0.15, 0.2) is 0 Å². The Morgan fingerprint density at radius 3 is 2.00 bits per heavy atom. The molecule has 94 valence electrons. The molecule has 0 fully saturated rings. The van der Waals surface area contributed by atoms with E-state index in [9.17, 15) is 10.2 Å². The van der Waals surface area contributed by atoms with Crippen LogP contribution in [0, 0.1) is 0 Å². The molecule has 0 saturated carbocycles. The summed E-state index contributed by atoms with van der Waals surface area (Å²) in [5.74, 6) is 0.334. The fourth-order valence-corrected chi connectivity index (χ4v) is 2.12. The molecule has 0 aliphatic carbocycles. The van der Waals surface area contributed by atoms with Gasteiger partial charge < -0.3 is 10.2 Å². The molecule has 2 rings (SSSR count). The lowest BCUT2D eigenvalue weighted by molar-refractivity contribution is 0.474. The van der Waals surface area contributed by atoms with Crippen molar-refractivity contribution in [1.29, 1.82) is 0 Å². The molecule has 2 N–H and O–H groups in total. The summed E-state index contributed by atoms with van der Waals surface area (Å²) >= 11 is 5.94. The van der Waals surface area contributed by atoms with Gasteiger partial charge in [0.2, 0.25) is 0 Å². The van der Waals surface area contributed by atoms with Crippen molar-refractivity contribution >= 4 is 11.6 Å². The molecule has 0 radical (unpaired) electrons. The first-order valence-electron chi connectivity index (χ1n) is 5.70. The topological polar surface area (TPSA) is 40.5 Å². The van der Waals surface area contributed by atoms with Gasteiger partial charge >= 0.3 is 0 Å². The number of phenolic OH excluding ortho intramolecular Hbond substituents is 2. The molecule has 2 nitrogen and oxygen atoms in total. The summed E-state index contributed by atoms with van der Waals surface area (Å²) in [4.78, 5) is 0. The highest BCUT2D eigenvalue weighted by Crippen LogP contribution is 2.35. The third-order valence-electron chi connectivity index (χ3n) is 3.26. The van der Waals surface area contributed by atoms with E-state index in [2.05, 4.69) is 13.8 Å². The second-order valence-electron chi connectivity index (χ2n) is 4.84. The van der Waals surface area contributed by atoms with Crippen LogP contribution < -0.4 is 0 Å². The van der Waals surface area contributed by atoms with Crippen molar-refractivity contribution in [3.8, 4) is 11.5 Å². The molecular weight excluding hydrogens is 248 g/mol. The van der Waals surface area contributed by atoms with Gasteiger partial charge in [-0.25, -0.2) is 0 Å². The largest absolute Gasteiger partial charge is 0.508 e. The molecule has 2 aromatic rings. The lowest BCUT2D eigenvalue weighted by Gasteiger charge is -2.26. The summed E-state index contributed by atoms with van der Waals surface area (Å²) in [6, 6.07) is 12.3. The van der Waals surface area contributed by atoms with Gasteiger partial charge in [-0.3, -0.25) is 0 Å². The van der Waals surface area contributed by atoms with E-state index >= 15 is 0 Å². The van der Waals surface area contributed by atoms with Crippen LogP contribution in [-0.4, -0.2) is 10.2 Å². The van der Waals surface area contributed by atoms with Crippen molar-refractivity contribution in [3.05, 3.63) is 58.6 Å². The molecule has 0 bridgehead atoms. The van der Waals surface area contributed by atoms with Crippen LogP contribution in [0.4, 0.5) is 0 Å². The number of hydrogen-bond acceptors (Lipinski definition) is 2. The molecule has 0 spiro atoms. The number of aromatic hydroxyl groups is 2. The van der Waals surface area contributed by atoms with Gasteiger partial charge in [-0.05, 0) is 35.4 Å². The third-order valence-corrected chi connectivity index (χ3v) is 3.56. The summed E-state index contributed by atoms with van der Waals surface area (Å²) in [5, 5.41) is 19.1. The van der Waals surface area contributed by atoms with Gasteiger partial charge in [0, 0.05) is 5.41 Å². The minimum Gasteiger partial charge on any atom is -0.508 e. The Labute approximate surface area is 111 Å². The number of hydrogen-bond donors (Lipinski definition) is 2. The Balaban J connectivity index is 2.46. The van der Waals surface area contributed by atoms with Crippen molar-refractivity contribution in [1.82, 2.24) is 0 Å². The Morgan fingerprint density at radius 2 is 1.44 bits per heavy atom. The van der Waals surface area contributed by atoms with Crippen LogP contribution >= 0.6 is 11.6 Å². The predicted molar refractivity (Wildman–Crippen MR) is 73.4 cm³/mol. The first-order valence-corrected chi connectivity index (χ1v) is 6.07. The molecule has 0 aliphatic heterocycles. The highest BCUT2D eigenvalue weighted by molar-refractivity contribution is 6.32. The van der Waals surface area contributed by atoms with Crippen molar-refractivity contribution in [2.45, 2.75) is 19.3 Å². The van der Waals surface area contributed by atoms with E-state index in [1.54, 1.807) is 24.3 Å². The molecule has 3 heteroatoms. The zero-order valence-electron chi connectivity index (χ0n) is 10.3. The molecule has 0 aliphatic rings. The molecule has 0 saturated heterocycles. The summed E-state index contributed by atoms with van der Waals surface area (Å²) < 4.78 is 0. The van der Waals surface area contributed by atoms with Crippen LogP contribution in [0.15, 0.2) is 42.5 Å². The molecule has 2 aromatic carbocycles. The third kappa shape index (κ3) is 2.29. The zero-order valence-corrected chi connectivity index (χ0v) is 11.1. The maximum absolute atomic E-state index is 9.45. The van der Waals surface area contributed by atoms with Crippen molar-refractivity contribution in [2.75, 3.05) is 0 Å². The molecular formula is C15H15ClO2. The smallest absolute Gasteiger partial charge is 0.134 e. The van der Waals surface area contributed by atoms with Gasteiger partial charge in [0.25, 0.3) is 0 Å². The van der Waals surface area contributed by atoms with E-state index in [0.29, 0.717) is 5.02 Å². The highest BCUT2D eigenvalue weighted by atomic mass is 35.5. The van der Waals surface area contributed by atoms with Gasteiger partial charge in [-0.15, -0.1) is 0 Å². The Kier molecular flexibility index (Phi) is 3.22. The summed E-state index contributed by atoms with van der Waals surface area (Å²) in [6.07, 6.45) is 0. The lowest BCUT2D eigenvalue weighted by atomic mass is 9.78. The van der Waals surface area contributed by atoms with Crippen LogP contribution in [0.1, 0.15) is 25.0 Å². The summed E-state index contributed by atoms with van der Waals surface area (Å²) in [5.41, 5.74) is 1.84. The number of halogens is 1. The first kappa shape index (κ1) is 12.8. The Hall–Kier alpha value is -1.67. The van der Waals surface area contributed by atoms with Crippen LogP contribution in [0.3, 0.4) is 0 Å². The Bertz CT molecular complexity index is 559. The first-order chi connectivity index (χ1) is 8.41. The monoisotopic (exact) mass is 262 g/mol. The number of phenols is 2. The molecule has 0 amide bonds. The fraction of sp³-hybridized carbons (Fsp3) is 0.200. The second-order valence-corrected chi connectivity index (χ2v) is 5.25. The average Bonchev–Trinajstić information content (AvgIpc) is 2.33. The normalized spacial score (nSPS) is 11.5. The minimum atomic E-state index is -0.245. The molecule has 0 unspecified atom stereocenters. The predicted octanol–water partition coefficient (Wildman–Crippen LogP) is 4.08. The van der Waals surface area contributed by atoms with E-state index in [4.69, 9.17) is 11.6 Å². The van der Waals surface area contributed by atoms with Crippen molar-refractivity contribution < 1.29 is 10.2 Å². The lowest BCUT2D eigenvalue weighted by Crippen LogP contribution is -2.18. The van der Waals surface area contributed by atoms with Crippen molar-refractivity contribution in [3.63, 3.8) is 0 Å². The summed E-state index contributed by atoms with van der Waals surface area (Å²) in [7, 11) is 0. The van der Waals surface area contributed by atoms with E-state index in [-0.39, 0.29) is 16.9 Å². The standard InChI is InChI=1S/C15H15ClO2/c1-15(2,10-3-6-12(17)7-4-10)11-5-8-14(18)13(16)9-11/h3-9,17-18H,1-2H3. The van der Waals surface area contributed by atoms with Gasteiger partial charge in [-0.2, -0.15) is 0 Å². The van der Waals surface area contributed by atoms with E-state index in [0.717, 1.165) is 11.1 Å².